The molecule has 0 spiro atoms. The predicted octanol–water partition coefficient (Wildman–Crippen LogP) is 3.16. The maximum atomic E-state index is 10.8. The molecular formula is C3Cl6O3. The quantitative estimate of drug-likeness (QED) is 0.734. The van der Waals surface area contributed by atoms with Crippen LogP contribution in [-0.2, 0) is 13.4 Å². The summed E-state index contributed by atoms with van der Waals surface area (Å²) in [6.45, 7) is 0. The first-order chi connectivity index (χ1) is 5.29. The number of halogens is 6. The highest BCUT2D eigenvalue weighted by atomic mass is 35.6. The summed E-state index contributed by atoms with van der Waals surface area (Å²) in [6.07, 6.45) is 0. The Morgan fingerprint density at radius 1 is 1.08 bits per heavy atom. The van der Waals surface area contributed by atoms with Crippen LogP contribution in [0.5, 0.6) is 0 Å². The van der Waals surface area contributed by atoms with E-state index in [1.54, 1.807) is 0 Å². The van der Waals surface area contributed by atoms with Gasteiger partial charge in [0.15, 0.2) is 0 Å². The molecule has 0 aliphatic heterocycles. The molecule has 1 unspecified atom stereocenters. The molecule has 0 amide bonds. The summed E-state index contributed by atoms with van der Waals surface area (Å²) in [4.78, 5) is 10.8. The average molecular weight is 297 g/mol. The van der Waals surface area contributed by atoms with Crippen LogP contribution in [0.15, 0.2) is 0 Å². The van der Waals surface area contributed by atoms with Crippen molar-refractivity contribution >= 4 is 76.1 Å². The van der Waals surface area contributed by atoms with Gasteiger partial charge in [-0.05, 0) is 0 Å². The Labute approximate surface area is 98.0 Å². The second kappa shape index (κ2) is 4.60. The van der Waals surface area contributed by atoms with Crippen LogP contribution in [0.4, 0.5) is 0 Å². The van der Waals surface area contributed by atoms with Crippen molar-refractivity contribution in [2.45, 2.75) is 8.85 Å². The molecule has 0 aliphatic rings. The highest BCUT2D eigenvalue weighted by Crippen LogP contribution is 2.45. The van der Waals surface area contributed by atoms with E-state index in [4.69, 9.17) is 58.3 Å². The molecule has 0 radical (unpaired) electrons. The zero-order valence-electron chi connectivity index (χ0n) is 4.99. The van der Waals surface area contributed by atoms with Crippen molar-refractivity contribution in [3.63, 3.8) is 0 Å². The monoisotopic (exact) mass is 294 g/mol. The van der Waals surface area contributed by atoms with Gasteiger partial charge < -0.3 is 4.29 Å². The lowest BCUT2D eigenvalue weighted by molar-refractivity contribution is -0.144. The highest BCUT2D eigenvalue weighted by Gasteiger charge is 2.57. The van der Waals surface area contributed by atoms with E-state index in [1.165, 1.54) is 0 Å². The summed E-state index contributed by atoms with van der Waals surface area (Å²) in [5.41, 5.74) is 0. The fraction of sp³-hybridized carbons (Fsp3) is 0.667. The van der Waals surface area contributed by atoms with E-state index >= 15 is 0 Å². The zero-order chi connectivity index (χ0) is 9.99. The third kappa shape index (κ3) is 2.58. The molecule has 0 aromatic rings. The fourth-order valence-corrected chi connectivity index (χ4v) is 1.07. The second-order valence-electron chi connectivity index (χ2n) is 1.53. The van der Waals surface area contributed by atoms with E-state index in [9.17, 15) is 4.79 Å². The molecule has 12 heavy (non-hydrogen) atoms. The molecule has 1 atom stereocenters. The molecule has 0 saturated heterocycles. The fourth-order valence-electron chi connectivity index (χ4n) is 0.241. The van der Waals surface area contributed by atoms with Crippen LogP contribution >= 0.6 is 70.1 Å². The molecule has 72 valence electrons. The molecule has 0 saturated carbocycles. The minimum absolute atomic E-state index is 1.33. The van der Waals surface area contributed by atoms with Gasteiger partial charge >= 0.3 is 11.0 Å². The third-order valence-corrected chi connectivity index (χ3v) is 2.86. The zero-order valence-corrected chi connectivity index (χ0v) is 9.53. The minimum atomic E-state index is -2.47. The van der Waals surface area contributed by atoms with E-state index in [1.807, 2.05) is 0 Å². The number of hydrogen-bond acceptors (Lipinski definition) is 3. The molecular weight excluding hydrogens is 297 g/mol. The van der Waals surface area contributed by atoms with Crippen molar-refractivity contribution in [3.8, 4) is 0 Å². The Bertz CT molecular complexity index is 177. The molecule has 0 aromatic carbocycles. The lowest BCUT2D eigenvalue weighted by Crippen LogP contribution is -2.45. The normalized spacial score (nSPS) is 16.8. The Hall–Kier alpha value is 1.17. The van der Waals surface area contributed by atoms with E-state index in [0.717, 1.165) is 0 Å². The summed E-state index contributed by atoms with van der Waals surface area (Å²) in [5, 5.41) is -2.47. The van der Waals surface area contributed by atoms with Gasteiger partial charge in [-0.3, -0.25) is 0 Å². The summed E-state index contributed by atoms with van der Waals surface area (Å²) in [6, 6.07) is 0. The van der Waals surface area contributed by atoms with Crippen LogP contribution < -0.4 is 0 Å². The van der Waals surface area contributed by atoms with Crippen LogP contribution in [0.25, 0.3) is 0 Å². The molecule has 3 nitrogen and oxygen atoms in total. The van der Waals surface area contributed by atoms with Gasteiger partial charge in [0, 0.05) is 0 Å². The van der Waals surface area contributed by atoms with Crippen molar-refractivity contribution in [2.24, 2.45) is 0 Å². The topological polar surface area (TPSA) is 35.5 Å². The van der Waals surface area contributed by atoms with Gasteiger partial charge in [-0.25, -0.2) is 9.08 Å². The van der Waals surface area contributed by atoms with Crippen molar-refractivity contribution < 1.29 is 13.4 Å². The first kappa shape index (κ1) is 13.2. The number of carbonyl (C=O) groups excluding carboxylic acids is 1. The number of rotatable bonds is 2. The van der Waals surface area contributed by atoms with E-state index in [0.29, 0.717) is 0 Å². The maximum absolute atomic E-state index is 10.8. The molecule has 0 aromatic heterocycles. The summed E-state index contributed by atoms with van der Waals surface area (Å²) in [5.74, 6) is -1.33. The van der Waals surface area contributed by atoms with Gasteiger partial charge in [-0.2, -0.15) is 0 Å². The summed E-state index contributed by atoms with van der Waals surface area (Å²) in [7, 11) is 0. The van der Waals surface area contributed by atoms with Crippen LogP contribution in [0, 0.1) is 0 Å². The van der Waals surface area contributed by atoms with Crippen LogP contribution in [0.1, 0.15) is 0 Å². The number of hydrogen-bond donors (Lipinski definition) is 0. The smallest absolute Gasteiger partial charge is 0.343 e. The SMILES string of the molecule is O=C(OCl)C(Cl)(OCl)C(Cl)(Cl)Cl. The highest BCUT2D eigenvalue weighted by molar-refractivity contribution is 6.72. The van der Waals surface area contributed by atoms with Gasteiger partial charge in [0.1, 0.15) is 11.9 Å². The van der Waals surface area contributed by atoms with Crippen LogP contribution in [0.3, 0.4) is 0 Å². The average Bonchev–Trinajstić information content (AvgIpc) is 1.99. The molecule has 9 heteroatoms. The standard InChI is InChI=1S/C3Cl6O3/c4-2(12-9,1(10)11-8)3(5,6)7. The predicted molar refractivity (Wildman–Crippen MR) is 47.8 cm³/mol. The summed E-state index contributed by atoms with van der Waals surface area (Å²) < 4.78 is 5.31. The molecule has 0 rings (SSSR count). The lowest BCUT2D eigenvalue weighted by Gasteiger charge is -2.25. The second-order valence-corrected chi connectivity index (χ2v) is 4.66. The van der Waals surface area contributed by atoms with Crippen LogP contribution in [0.2, 0.25) is 0 Å². The van der Waals surface area contributed by atoms with Crippen molar-refractivity contribution in [1.29, 1.82) is 0 Å². The van der Waals surface area contributed by atoms with Gasteiger partial charge in [0.2, 0.25) is 3.79 Å². The Morgan fingerprint density at radius 3 is 1.58 bits per heavy atom. The maximum Gasteiger partial charge on any atom is 0.378 e. The number of alkyl halides is 4. The first-order valence-corrected chi connectivity index (χ1v) is 4.31. The van der Waals surface area contributed by atoms with Crippen molar-refractivity contribution in [3.05, 3.63) is 0 Å². The molecule has 0 heterocycles. The van der Waals surface area contributed by atoms with Crippen molar-refractivity contribution in [2.75, 3.05) is 0 Å². The molecule has 0 fully saturated rings. The van der Waals surface area contributed by atoms with E-state index < -0.39 is 14.8 Å². The van der Waals surface area contributed by atoms with E-state index in [2.05, 4.69) is 20.4 Å². The first-order valence-electron chi connectivity index (χ1n) is 2.18. The largest absolute Gasteiger partial charge is 0.378 e. The Balaban J connectivity index is 4.80. The Morgan fingerprint density at radius 2 is 1.50 bits per heavy atom. The Kier molecular flexibility index (Phi) is 5.05. The van der Waals surface area contributed by atoms with Gasteiger partial charge in [-0.15, -0.1) is 0 Å². The molecule has 0 N–H and O–H groups in total. The van der Waals surface area contributed by atoms with Crippen molar-refractivity contribution in [1.82, 2.24) is 0 Å². The minimum Gasteiger partial charge on any atom is -0.343 e. The molecule has 0 aliphatic carbocycles. The van der Waals surface area contributed by atoms with Crippen LogP contribution in [-0.4, -0.2) is 14.8 Å². The molecule has 0 bridgehead atoms. The van der Waals surface area contributed by atoms with Gasteiger partial charge in [-0.1, -0.05) is 46.4 Å². The summed E-state index contributed by atoms with van der Waals surface area (Å²) >= 11 is 30.6. The lowest BCUT2D eigenvalue weighted by atomic mass is 10.4. The van der Waals surface area contributed by atoms with E-state index in [-0.39, 0.29) is 0 Å². The van der Waals surface area contributed by atoms with Gasteiger partial charge in [0.25, 0.3) is 0 Å². The van der Waals surface area contributed by atoms with Gasteiger partial charge in [0.05, 0.1) is 11.9 Å². The number of carbonyl (C=O) groups is 1. The third-order valence-electron chi connectivity index (χ3n) is 0.804.